The van der Waals surface area contributed by atoms with Gasteiger partial charge in [-0.3, -0.25) is 0 Å². The molecule has 2 rings (SSSR count). The summed E-state index contributed by atoms with van der Waals surface area (Å²) in [7, 11) is -2.28. The van der Waals surface area contributed by atoms with Crippen molar-refractivity contribution in [3.05, 3.63) is 18.2 Å². The number of rotatable bonds is 5. The molecule has 0 atom stereocenters. The van der Waals surface area contributed by atoms with Crippen LogP contribution in [0.5, 0.6) is 5.75 Å². The predicted molar refractivity (Wildman–Crippen MR) is 76.0 cm³/mol. The van der Waals surface area contributed by atoms with Gasteiger partial charge in [-0.05, 0) is 25.0 Å². The number of hydrogen-bond donors (Lipinski definition) is 3. The number of nitrogens with two attached hydrogens (primary N) is 1. The lowest BCUT2D eigenvalue weighted by molar-refractivity contribution is 0.185. The molecule has 1 aromatic carbocycles. The average Bonchev–Trinajstić information content (AvgIpc) is 2.87. The van der Waals surface area contributed by atoms with Gasteiger partial charge in [0.2, 0.25) is 10.0 Å². The molecule has 0 spiro atoms. The van der Waals surface area contributed by atoms with Gasteiger partial charge in [-0.1, -0.05) is 12.8 Å². The van der Waals surface area contributed by atoms with Crippen LogP contribution in [0, 0.1) is 0 Å². The zero-order valence-corrected chi connectivity index (χ0v) is 12.2. The number of ether oxygens (including phenoxy) is 1. The fourth-order valence-electron chi connectivity index (χ4n) is 2.55. The lowest BCUT2D eigenvalue weighted by Crippen LogP contribution is -2.49. The molecule has 112 valence electrons. The van der Waals surface area contributed by atoms with Crippen LogP contribution in [-0.2, 0) is 10.0 Å². The van der Waals surface area contributed by atoms with Crippen LogP contribution in [0.15, 0.2) is 23.1 Å². The standard InChI is InChI=1S/C13H20N2O4S/c1-19-12-8-10(4-5-11(12)14)20(17,18)15-13(9-16)6-2-3-7-13/h4-5,8,15-16H,2-3,6-7,9,14H2,1H3. The van der Waals surface area contributed by atoms with Crippen LogP contribution in [0.1, 0.15) is 25.7 Å². The fraction of sp³-hybridized carbons (Fsp3) is 0.538. The van der Waals surface area contributed by atoms with E-state index in [1.807, 2.05) is 0 Å². The third-order valence-corrected chi connectivity index (χ3v) is 5.31. The first-order valence-electron chi connectivity index (χ1n) is 6.51. The summed E-state index contributed by atoms with van der Waals surface area (Å²) in [4.78, 5) is 0.0864. The van der Waals surface area contributed by atoms with E-state index in [4.69, 9.17) is 10.5 Å². The van der Waals surface area contributed by atoms with Gasteiger partial charge < -0.3 is 15.6 Å². The zero-order chi connectivity index (χ0) is 14.8. The van der Waals surface area contributed by atoms with Crippen molar-refractivity contribution in [3.63, 3.8) is 0 Å². The van der Waals surface area contributed by atoms with Crippen LogP contribution in [0.2, 0.25) is 0 Å². The Morgan fingerprint density at radius 3 is 2.60 bits per heavy atom. The monoisotopic (exact) mass is 300 g/mol. The highest BCUT2D eigenvalue weighted by molar-refractivity contribution is 7.89. The minimum Gasteiger partial charge on any atom is -0.495 e. The number of methoxy groups -OCH3 is 1. The van der Waals surface area contributed by atoms with Gasteiger partial charge in [0.25, 0.3) is 0 Å². The predicted octanol–water partition coefficient (Wildman–Crippen LogP) is 0.861. The second-order valence-electron chi connectivity index (χ2n) is 5.15. The molecule has 7 heteroatoms. The Bertz CT molecular complexity index is 580. The summed E-state index contributed by atoms with van der Waals surface area (Å²) >= 11 is 0. The highest BCUT2D eigenvalue weighted by Gasteiger charge is 2.37. The summed E-state index contributed by atoms with van der Waals surface area (Å²) in [6, 6.07) is 4.31. The second kappa shape index (κ2) is 5.59. The van der Waals surface area contributed by atoms with E-state index in [-0.39, 0.29) is 11.5 Å². The quantitative estimate of drug-likeness (QED) is 0.700. The molecule has 0 heterocycles. The topological polar surface area (TPSA) is 102 Å². The van der Waals surface area contributed by atoms with E-state index in [2.05, 4.69) is 4.72 Å². The Morgan fingerprint density at radius 2 is 2.05 bits per heavy atom. The van der Waals surface area contributed by atoms with Crippen molar-refractivity contribution in [1.29, 1.82) is 0 Å². The molecule has 6 nitrogen and oxygen atoms in total. The van der Waals surface area contributed by atoms with E-state index in [1.54, 1.807) is 0 Å². The first kappa shape index (κ1) is 15.1. The number of anilines is 1. The summed E-state index contributed by atoms with van der Waals surface area (Å²) in [6.45, 7) is -0.196. The minimum absolute atomic E-state index is 0.0864. The first-order chi connectivity index (χ1) is 9.42. The number of aliphatic hydroxyl groups excluding tert-OH is 1. The van der Waals surface area contributed by atoms with Crippen LogP contribution in [0.4, 0.5) is 5.69 Å². The van der Waals surface area contributed by atoms with E-state index >= 15 is 0 Å². The summed E-state index contributed by atoms with van der Waals surface area (Å²) in [6.07, 6.45) is 3.12. The molecule has 0 saturated heterocycles. The number of sulfonamides is 1. The molecule has 1 saturated carbocycles. The van der Waals surface area contributed by atoms with Crippen molar-refractivity contribution in [2.24, 2.45) is 0 Å². The van der Waals surface area contributed by atoms with Crippen molar-refractivity contribution in [3.8, 4) is 5.75 Å². The fourth-order valence-corrected chi connectivity index (χ4v) is 4.01. The third-order valence-electron chi connectivity index (χ3n) is 3.73. The molecule has 0 aromatic heterocycles. The number of benzene rings is 1. The van der Waals surface area contributed by atoms with Crippen molar-refractivity contribution in [1.82, 2.24) is 4.72 Å². The first-order valence-corrected chi connectivity index (χ1v) is 7.99. The van der Waals surface area contributed by atoms with Crippen LogP contribution in [0.3, 0.4) is 0 Å². The lowest BCUT2D eigenvalue weighted by atomic mass is 10.0. The van der Waals surface area contributed by atoms with Crippen molar-refractivity contribution in [2.75, 3.05) is 19.5 Å². The molecule has 1 fully saturated rings. The van der Waals surface area contributed by atoms with E-state index in [1.165, 1.54) is 25.3 Å². The van der Waals surface area contributed by atoms with Crippen LogP contribution >= 0.6 is 0 Å². The average molecular weight is 300 g/mol. The molecule has 0 bridgehead atoms. The van der Waals surface area contributed by atoms with Crippen molar-refractivity contribution in [2.45, 2.75) is 36.1 Å². The molecule has 0 unspecified atom stereocenters. The molecular formula is C13H20N2O4S. The summed E-state index contributed by atoms with van der Waals surface area (Å²) in [5.41, 5.74) is 5.32. The van der Waals surface area contributed by atoms with Gasteiger partial charge in [0.15, 0.2) is 0 Å². The van der Waals surface area contributed by atoms with Crippen molar-refractivity contribution < 1.29 is 18.3 Å². The second-order valence-corrected chi connectivity index (χ2v) is 6.84. The number of nitrogen functional groups attached to an aromatic ring is 1. The van der Waals surface area contributed by atoms with Gasteiger partial charge in [0.1, 0.15) is 5.75 Å². The van der Waals surface area contributed by atoms with E-state index in [9.17, 15) is 13.5 Å². The molecule has 4 N–H and O–H groups in total. The summed E-state index contributed by atoms with van der Waals surface area (Å²) in [5, 5.41) is 9.50. The van der Waals surface area contributed by atoms with E-state index in [0.29, 0.717) is 24.3 Å². The number of nitrogens with one attached hydrogen (secondary N) is 1. The molecule has 1 aromatic rings. The summed E-state index contributed by atoms with van der Waals surface area (Å²) < 4.78 is 32.5. The van der Waals surface area contributed by atoms with Crippen molar-refractivity contribution >= 4 is 15.7 Å². The Kier molecular flexibility index (Phi) is 4.22. The molecule has 0 amide bonds. The smallest absolute Gasteiger partial charge is 0.241 e. The lowest BCUT2D eigenvalue weighted by Gasteiger charge is -2.27. The van der Waals surface area contributed by atoms with Crippen LogP contribution in [0.25, 0.3) is 0 Å². The Labute approximate surface area is 119 Å². The molecule has 20 heavy (non-hydrogen) atoms. The van der Waals surface area contributed by atoms with Gasteiger partial charge in [0, 0.05) is 6.07 Å². The Balaban J connectivity index is 2.30. The maximum Gasteiger partial charge on any atom is 0.241 e. The van der Waals surface area contributed by atoms with E-state index < -0.39 is 15.6 Å². The Morgan fingerprint density at radius 1 is 1.40 bits per heavy atom. The maximum atomic E-state index is 12.4. The number of aliphatic hydroxyl groups is 1. The SMILES string of the molecule is COc1cc(S(=O)(=O)NC2(CO)CCCC2)ccc1N. The minimum atomic E-state index is -3.71. The molecular weight excluding hydrogens is 280 g/mol. The van der Waals surface area contributed by atoms with E-state index in [0.717, 1.165) is 12.8 Å². The van der Waals surface area contributed by atoms with Crippen LogP contribution in [-0.4, -0.2) is 32.8 Å². The highest BCUT2D eigenvalue weighted by Crippen LogP contribution is 2.32. The molecule has 0 radical (unpaired) electrons. The molecule has 0 aliphatic heterocycles. The Hall–Kier alpha value is -1.31. The van der Waals surface area contributed by atoms with Gasteiger partial charge in [-0.15, -0.1) is 0 Å². The third kappa shape index (κ3) is 2.89. The number of hydrogen-bond acceptors (Lipinski definition) is 5. The van der Waals surface area contributed by atoms with Gasteiger partial charge in [-0.2, -0.15) is 0 Å². The summed E-state index contributed by atoms with van der Waals surface area (Å²) in [5.74, 6) is 0.317. The zero-order valence-electron chi connectivity index (χ0n) is 11.4. The van der Waals surface area contributed by atoms with Gasteiger partial charge >= 0.3 is 0 Å². The normalized spacial score (nSPS) is 18.1. The van der Waals surface area contributed by atoms with Crippen LogP contribution < -0.4 is 15.2 Å². The maximum absolute atomic E-state index is 12.4. The molecule has 1 aliphatic carbocycles. The largest absolute Gasteiger partial charge is 0.495 e. The highest BCUT2D eigenvalue weighted by atomic mass is 32.2. The van der Waals surface area contributed by atoms with Gasteiger partial charge in [-0.25, -0.2) is 13.1 Å². The molecule has 1 aliphatic rings. The van der Waals surface area contributed by atoms with Gasteiger partial charge in [0.05, 0.1) is 29.8 Å².